The van der Waals surface area contributed by atoms with E-state index in [2.05, 4.69) is 25.5 Å². The molecule has 2 amide bonds. The van der Waals surface area contributed by atoms with Gasteiger partial charge in [-0.3, -0.25) is 9.80 Å². The van der Waals surface area contributed by atoms with E-state index in [0.717, 1.165) is 19.6 Å². The van der Waals surface area contributed by atoms with Crippen molar-refractivity contribution >= 4 is 52.2 Å². The minimum atomic E-state index is -0.599. The Morgan fingerprint density at radius 2 is 1.77 bits per heavy atom. The number of carbonyl (C=O) groups excluding carboxylic acids is 1. The van der Waals surface area contributed by atoms with E-state index in [9.17, 15) is 4.79 Å². The third-order valence-corrected chi connectivity index (χ3v) is 6.95. The van der Waals surface area contributed by atoms with Gasteiger partial charge in [-0.25, -0.2) is 19.2 Å². The van der Waals surface area contributed by atoms with Gasteiger partial charge in [0.1, 0.15) is 46.1 Å². The monoisotopic (exact) mass is 578 g/mol. The topological polar surface area (TPSA) is 101 Å². The maximum atomic E-state index is 15.1. The van der Waals surface area contributed by atoms with Crippen LogP contribution in [0.15, 0.2) is 36.7 Å². The van der Waals surface area contributed by atoms with Crippen LogP contribution >= 0.6 is 23.2 Å². The zero-order valence-electron chi connectivity index (χ0n) is 21.8. The molecule has 1 aliphatic rings. The Kier molecular flexibility index (Phi) is 9.50. The third-order valence-electron chi connectivity index (χ3n) is 6.20. The first-order valence-corrected chi connectivity index (χ1v) is 12.9. The number of carbonyl (C=O) groups is 1. The summed E-state index contributed by atoms with van der Waals surface area (Å²) in [6, 6.07) is 7.25. The fraction of sp³-hybridized carbons (Fsp3) is 0.346. The van der Waals surface area contributed by atoms with Crippen molar-refractivity contribution in [2.75, 3.05) is 63.0 Å². The summed E-state index contributed by atoms with van der Waals surface area (Å²) in [4.78, 5) is 24.8. The van der Waals surface area contributed by atoms with Crippen LogP contribution in [0, 0.1) is 5.82 Å². The molecule has 1 aliphatic heterocycles. The van der Waals surface area contributed by atoms with Crippen molar-refractivity contribution in [3.63, 3.8) is 0 Å². The average molecular weight is 579 g/mol. The van der Waals surface area contributed by atoms with Gasteiger partial charge in [0.15, 0.2) is 11.6 Å². The van der Waals surface area contributed by atoms with Crippen molar-refractivity contribution in [3.8, 4) is 17.2 Å². The van der Waals surface area contributed by atoms with Gasteiger partial charge in [-0.05, 0) is 38.1 Å². The van der Waals surface area contributed by atoms with Crippen LogP contribution in [0.2, 0.25) is 10.0 Å². The number of benzene rings is 2. The molecule has 0 aliphatic carbocycles. The van der Waals surface area contributed by atoms with E-state index in [1.807, 2.05) is 0 Å². The number of ether oxygens (including phenoxy) is 3. The van der Waals surface area contributed by atoms with Gasteiger partial charge in [0, 0.05) is 25.7 Å². The number of amides is 2. The molecule has 0 bridgehead atoms. The molecular formula is C26H29Cl2FN6O4. The number of rotatable bonds is 10. The lowest BCUT2D eigenvalue weighted by molar-refractivity contribution is 0.231. The first-order valence-electron chi connectivity index (χ1n) is 12.2. The number of halogens is 3. The van der Waals surface area contributed by atoms with E-state index >= 15 is 4.39 Å². The number of likely N-dealkylation sites (tertiary alicyclic amines) is 1. The SMILES string of the molecule is COc1cc(OC)c(Cl)c(NC(=O)N(C)c2cc(Nc3cccc(OCCN4CCCC4)c3F)ncn2)c1Cl. The Morgan fingerprint density at radius 3 is 2.44 bits per heavy atom. The van der Waals surface area contributed by atoms with E-state index in [0.29, 0.717) is 6.61 Å². The van der Waals surface area contributed by atoms with E-state index in [-0.39, 0.29) is 50.3 Å². The molecule has 0 atom stereocenters. The van der Waals surface area contributed by atoms with Crippen molar-refractivity contribution < 1.29 is 23.4 Å². The summed E-state index contributed by atoms with van der Waals surface area (Å²) in [5.74, 6) is 0.647. The highest BCUT2D eigenvalue weighted by Crippen LogP contribution is 2.44. The molecule has 4 rings (SSSR count). The minimum absolute atomic E-state index is 0.105. The van der Waals surface area contributed by atoms with Crippen LogP contribution in [0.4, 0.5) is 32.2 Å². The second-order valence-electron chi connectivity index (χ2n) is 8.67. The second kappa shape index (κ2) is 13.0. The lowest BCUT2D eigenvalue weighted by atomic mass is 10.2. The van der Waals surface area contributed by atoms with Crippen molar-refractivity contribution in [3.05, 3.63) is 52.5 Å². The third kappa shape index (κ3) is 6.73. The van der Waals surface area contributed by atoms with E-state index in [4.69, 9.17) is 37.4 Å². The summed E-state index contributed by atoms with van der Waals surface area (Å²) < 4.78 is 31.3. The normalized spacial score (nSPS) is 13.2. The van der Waals surface area contributed by atoms with Crippen molar-refractivity contribution in [2.45, 2.75) is 12.8 Å². The van der Waals surface area contributed by atoms with Gasteiger partial charge in [0.2, 0.25) is 0 Å². The number of hydrogen-bond donors (Lipinski definition) is 2. The fourth-order valence-corrected chi connectivity index (χ4v) is 4.63. The highest BCUT2D eigenvalue weighted by Gasteiger charge is 2.22. The molecule has 0 unspecified atom stereocenters. The lowest BCUT2D eigenvalue weighted by Gasteiger charge is -2.20. The summed E-state index contributed by atoms with van der Waals surface area (Å²) in [6.07, 6.45) is 3.62. The number of nitrogens with one attached hydrogen (secondary N) is 2. The molecule has 0 radical (unpaired) electrons. The van der Waals surface area contributed by atoms with Gasteiger partial charge in [0.25, 0.3) is 0 Å². The molecule has 0 spiro atoms. The number of aromatic nitrogens is 2. The highest BCUT2D eigenvalue weighted by atomic mass is 35.5. The van der Waals surface area contributed by atoms with E-state index in [1.165, 1.54) is 57.5 Å². The Labute approximate surface area is 236 Å². The predicted octanol–water partition coefficient (Wildman–Crippen LogP) is 5.83. The van der Waals surface area contributed by atoms with Gasteiger partial charge in [-0.2, -0.15) is 0 Å². The van der Waals surface area contributed by atoms with Crippen LogP contribution in [-0.4, -0.2) is 68.4 Å². The van der Waals surface area contributed by atoms with Crippen LogP contribution in [0.3, 0.4) is 0 Å². The smallest absolute Gasteiger partial charge is 0.327 e. The number of anilines is 4. The molecule has 1 fully saturated rings. The number of methoxy groups -OCH3 is 2. The Balaban J connectivity index is 1.45. The van der Waals surface area contributed by atoms with Crippen molar-refractivity contribution in [2.24, 2.45) is 0 Å². The van der Waals surface area contributed by atoms with Crippen LogP contribution in [0.5, 0.6) is 17.2 Å². The maximum Gasteiger partial charge on any atom is 0.327 e. The predicted molar refractivity (Wildman–Crippen MR) is 150 cm³/mol. The van der Waals surface area contributed by atoms with Crippen LogP contribution in [-0.2, 0) is 0 Å². The first kappa shape index (κ1) is 28.5. The van der Waals surface area contributed by atoms with Crippen molar-refractivity contribution in [1.82, 2.24) is 14.9 Å². The average Bonchev–Trinajstić information content (AvgIpc) is 3.46. The summed E-state index contributed by atoms with van der Waals surface area (Å²) in [5.41, 5.74) is 0.287. The molecule has 0 saturated carbocycles. The Hall–Kier alpha value is -3.54. The summed E-state index contributed by atoms with van der Waals surface area (Å²) in [5, 5.41) is 5.79. The summed E-state index contributed by atoms with van der Waals surface area (Å²) in [7, 11) is 4.36. The van der Waals surface area contributed by atoms with E-state index in [1.54, 1.807) is 18.2 Å². The van der Waals surface area contributed by atoms with Crippen LogP contribution in [0.25, 0.3) is 0 Å². The lowest BCUT2D eigenvalue weighted by Crippen LogP contribution is -2.32. The molecule has 39 heavy (non-hydrogen) atoms. The first-order chi connectivity index (χ1) is 18.8. The molecule has 1 saturated heterocycles. The molecule has 208 valence electrons. The van der Waals surface area contributed by atoms with Crippen molar-refractivity contribution in [1.29, 1.82) is 0 Å². The van der Waals surface area contributed by atoms with Gasteiger partial charge in [0.05, 0.1) is 25.6 Å². The number of urea groups is 1. The zero-order chi connectivity index (χ0) is 27.9. The molecule has 2 aromatic carbocycles. The molecule has 10 nitrogen and oxygen atoms in total. The molecule has 13 heteroatoms. The fourth-order valence-electron chi connectivity index (χ4n) is 4.04. The van der Waals surface area contributed by atoms with Gasteiger partial charge in [-0.1, -0.05) is 29.3 Å². The second-order valence-corrected chi connectivity index (χ2v) is 9.43. The molecule has 2 N–H and O–H groups in total. The minimum Gasteiger partial charge on any atom is -0.495 e. The highest BCUT2D eigenvalue weighted by molar-refractivity contribution is 6.41. The van der Waals surface area contributed by atoms with Gasteiger partial charge >= 0.3 is 6.03 Å². The summed E-state index contributed by atoms with van der Waals surface area (Å²) >= 11 is 12.7. The Morgan fingerprint density at radius 1 is 1.08 bits per heavy atom. The largest absolute Gasteiger partial charge is 0.495 e. The quantitative estimate of drug-likeness (QED) is 0.310. The standard InChI is InChI=1S/C26H29Cl2FN6O4/c1-34(26(36)33-25-22(27)18(37-2)13-19(38-3)23(25)28)21-14-20(30-15-31-21)32-16-7-6-8-17(24(16)29)39-12-11-35-9-4-5-10-35/h6-8,13-15H,4-5,9-12H2,1-3H3,(H,33,36)(H,30,31,32). The van der Waals surface area contributed by atoms with Crippen LogP contribution < -0.4 is 29.7 Å². The molecule has 1 aromatic heterocycles. The maximum absolute atomic E-state index is 15.1. The van der Waals surface area contributed by atoms with Crippen LogP contribution in [0.1, 0.15) is 12.8 Å². The zero-order valence-corrected chi connectivity index (χ0v) is 23.3. The molecule has 2 heterocycles. The van der Waals surface area contributed by atoms with E-state index < -0.39 is 11.8 Å². The van der Waals surface area contributed by atoms with Gasteiger partial charge < -0.3 is 24.8 Å². The van der Waals surface area contributed by atoms with Gasteiger partial charge in [-0.15, -0.1) is 0 Å². The molecule has 3 aromatic rings. The number of nitrogens with zero attached hydrogens (tertiary/aromatic N) is 4. The number of hydrogen-bond acceptors (Lipinski definition) is 8. The Bertz CT molecular complexity index is 1300. The molecular weight excluding hydrogens is 550 g/mol. The summed E-state index contributed by atoms with van der Waals surface area (Å²) in [6.45, 7) is 3.23.